The van der Waals surface area contributed by atoms with E-state index in [-0.39, 0.29) is 5.69 Å². The second-order valence-corrected chi connectivity index (χ2v) is 6.08. The van der Waals surface area contributed by atoms with Gasteiger partial charge in [0, 0.05) is 18.7 Å². The Morgan fingerprint density at radius 1 is 1.20 bits per heavy atom. The SMILES string of the molecule is O=[N+]([O-])c1cc(Cl)c(NCCC2CCCCC2)c(Cl)c1. The molecule has 110 valence electrons. The van der Waals surface area contributed by atoms with Gasteiger partial charge in [-0.3, -0.25) is 10.1 Å². The predicted molar refractivity (Wildman–Crippen MR) is 82.8 cm³/mol. The zero-order chi connectivity index (χ0) is 14.5. The number of halogens is 2. The molecule has 0 atom stereocenters. The van der Waals surface area contributed by atoms with E-state index in [0.29, 0.717) is 15.7 Å². The van der Waals surface area contributed by atoms with Gasteiger partial charge in [-0.2, -0.15) is 0 Å². The number of hydrogen-bond donors (Lipinski definition) is 1. The number of non-ortho nitro benzene ring substituents is 1. The fourth-order valence-electron chi connectivity index (χ4n) is 2.71. The number of rotatable bonds is 5. The minimum atomic E-state index is -0.496. The van der Waals surface area contributed by atoms with Crippen molar-refractivity contribution in [3.8, 4) is 0 Å². The lowest BCUT2D eigenvalue weighted by Gasteiger charge is -2.22. The first-order chi connectivity index (χ1) is 9.58. The molecule has 0 aromatic heterocycles. The molecule has 0 saturated heterocycles. The molecular formula is C14H18Cl2N2O2. The first-order valence-electron chi connectivity index (χ1n) is 6.95. The van der Waals surface area contributed by atoms with Crippen LogP contribution in [0.15, 0.2) is 12.1 Å². The number of nitrogens with zero attached hydrogens (tertiary/aromatic N) is 1. The van der Waals surface area contributed by atoms with Crippen LogP contribution in [0, 0.1) is 16.0 Å². The summed E-state index contributed by atoms with van der Waals surface area (Å²) in [6.45, 7) is 0.794. The summed E-state index contributed by atoms with van der Waals surface area (Å²) < 4.78 is 0. The van der Waals surface area contributed by atoms with Crippen molar-refractivity contribution in [2.45, 2.75) is 38.5 Å². The first-order valence-corrected chi connectivity index (χ1v) is 7.71. The van der Waals surface area contributed by atoms with Crippen molar-refractivity contribution in [1.82, 2.24) is 0 Å². The van der Waals surface area contributed by atoms with Crippen LogP contribution in [-0.2, 0) is 0 Å². The van der Waals surface area contributed by atoms with Gasteiger partial charge in [0.15, 0.2) is 0 Å². The van der Waals surface area contributed by atoms with Crippen LogP contribution in [0.25, 0.3) is 0 Å². The van der Waals surface area contributed by atoms with E-state index in [1.807, 2.05) is 0 Å². The van der Waals surface area contributed by atoms with Gasteiger partial charge in [0.2, 0.25) is 0 Å². The second-order valence-electron chi connectivity index (χ2n) is 5.26. The second kappa shape index (κ2) is 7.14. The van der Waals surface area contributed by atoms with Crippen LogP contribution in [-0.4, -0.2) is 11.5 Å². The van der Waals surface area contributed by atoms with Gasteiger partial charge in [-0.15, -0.1) is 0 Å². The highest BCUT2D eigenvalue weighted by Crippen LogP contribution is 2.35. The van der Waals surface area contributed by atoms with Crippen LogP contribution in [0.2, 0.25) is 10.0 Å². The number of anilines is 1. The number of nitrogens with one attached hydrogen (secondary N) is 1. The lowest BCUT2D eigenvalue weighted by molar-refractivity contribution is -0.384. The van der Waals surface area contributed by atoms with Crippen LogP contribution in [0.5, 0.6) is 0 Å². The molecule has 1 N–H and O–H groups in total. The third-order valence-corrected chi connectivity index (χ3v) is 4.41. The standard InChI is InChI=1S/C14H18Cl2N2O2/c15-12-8-11(18(19)20)9-13(16)14(12)17-7-6-10-4-2-1-3-5-10/h8-10,17H,1-7H2. The largest absolute Gasteiger partial charge is 0.383 e. The fourth-order valence-corrected chi connectivity index (χ4v) is 3.32. The Morgan fingerprint density at radius 2 is 1.80 bits per heavy atom. The Balaban J connectivity index is 1.93. The van der Waals surface area contributed by atoms with Crippen molar-refractivity contribution in [3.63, 3.8) is 0 Å². The van der Waals surface area contributed by atoms with Crippen molar-refractivity contribution in [3.05, 3.63) is 32.3 Å². The number of nitro groups is 1. The average Bonchev–Trinajstić information content (AvgIpc) is 2.42. The molecule has 0 spiro atoms. The van der Waals surface area contributed by atoms with Crippen LogP contribution < -0.4 is 5.32 Å². The minimum Gasteiger partial charge on any atom is -0.383 e. The highest BCUT2D eigenvalue weighted by atomic mass is 35.5. The summed E-state index contributed by atoms with van der Waals surface area (Å²) in [5, 5.41) is 14.5. The molecule has 20 heavy (non-hydrogen) atoms. The molecule has 4 nitrogen and oxygen atoms in total. The van der Waals surface area contributed by atoms with Crippen molar-refractivity contribution in [2.24, 2.45) is 5.92 Å². The molecule has 1 aromatic carbocycles. The van der Waals surface area contributed by atoms with E-state index in [0.717, 1.165) is 18.9 Å². The summed E-state index contributed by atoms with van der Waals surface area (Å²) >= 11 is 12.1. The summed E-state index contributed by atoms with van der Waals surface area (Å²) in [7, 11) is 0. The maximum absolute atomic E-state index is 10.7. The lowest BCUT2D eigenvalue weighted by atomic mass is 9.87. The molecule has 0 amide bonds. The molecule has 0 bridgehead atoms. The van der Waals surface area contributed by atoms with Gasteiger partial charge in [-0.1, -0.05) is 55.3 Å². The van der Waals surface area contributed by atoms with Crippen LogP contribution in [0.3, 0.4) is 0 Å². The van der Waals surface area contributed by atoms with Crippen molar-refractivity contribution in [1.29, 1.82) is 0 Å². The van der Waals surface area contributed by atoms with E-state index in [4.69, 9.17) is 23.2 Å². The molecule has 1 aromatic rings. The highest BCUT2D eigenvalue weighted by molar-refractivity contribution is 6.39. The van der Waals surface area contributed by atoms with E-state index < -0.39 is 4.92 Å². The predicted octanol–water partition coefficient (Wildman–Crippen LogP) is 5.28. The van der Waals surface area contributed by atoms with Crippen molar-refractivity contribution in [2.75, 3.05) is 11.9 Å². The molecule has 0 aliphatic heterocycles. The molecule has 6 heteroatoms. The topological polar surface area (TPSA) is 55.2 Å². The van der Waals surface area contributed by atoms with Crippen molar-refractivity contribution < 1.29 is 4.92 Å². The van der Waals surface area contributed by atoms with E-state index in [1.54, 1.807) is 0 Å². The zero-order valence-electron chi connectivity index (χ0n) is 11.2. The Hall–Kier alpha value is -1.00. The lowest BCUT2D eigenvalue weighted by Crippen LogP contribution is -2.12. The van der Waals surface area contributed by atoms with Gasteiger partial charge in [-0.25, -0.2) is 0 Å². The molecule has 1 saturated carbocycles. The number of benzene rings is 1. The monoisotopic (exact) mass is 316 g/mol. The van der Waals surface area contributed by atoms with Gasteiger partial charge in [0.1, 0.15) is 0 Å². The number of hydrogen-bond acceptors (Lipinski definition) is 3. The highest BCUT2D eigenvalue weighted by Gasteiger charge is 2.16. The van der Waals surface area contributed by atoms with Crippen LogP contribution in [0.4, 0.5) is 11.4 Å². The van der Waals surface area contributed by atoms with Gasteiger partial charge in [-0.05, 0) is 12.3 Å². The van der Waals surface area contributed by atoms with Gasteiger partial charge in [0.05, 0.1) is 20.7 Å². The van der Waals surface area contributed by atoms with Gasteiger partial charge in [0.25, 0.3) is 5.69 Å². The van der Waals surface area contributed by atoms with Gasteiger partial charge >= 0.3 is 0 Å². The molecular weight excluding hydrogens is 299 g/mol. The zero-order valence-corrected chi connectivity index (χ0v) is 12.7. The Bertz CT molecular complexity index is 465. The summed E-state index contributed by atoms with van der Waals surface area (Å²) in [5.41, 5.74) is 0.507. The third-order valence-electron chi connectivity index (χ3n) is 3.82. The van der Waals surface area contributed by atoms with Crippen LogP contribution in [0.1, 0.15) is 38.5 Å². The Labute approximate surface area is 128 Å². The Kier molecular flexibility index (Phi) is 5.49. The van der Waals surface area contributed by atoms with E-state index in [9.17, 15) is 10.1 Å². The molecule has 0 unspecified atom stereocenters. The van der Waals surface area contributed by atoms with E-state index in [2.05, 4.69) is 5.32 Å². The summed E-state index contributed by atoms with van der Waals surface area (Å²) in [6.07, 6.45) is 7.67. The summed E-state index contributed by atoms with van der Waals surface area (Å²) in [5.74, 6) is 0.770. The maximum atomic E-state index is 10.7. The molecule has 0 heterocycles. The molecule has 1 aliphatic rings. The van der Waals surface area contributed by atoms with Gasteiger partial charge < -0.3 is 5.32 Å². The summed E-state index contributed by atoms with van der Waals surface area (Å²) in [6, 6.07) is 2.66. The summed E-state index contributed by atoms with van der Waals surface area (Å²) in [4.78, 5) is 10.2. The molecule has 0 radical (unpaired) electrons. The first kappa shape index (κ1) is 15.4. The Morgan fingerprint density at radius 3 is 2.35 bits per heavy atom. The van der Waals surface area contributed by atoms with Crippen molar-refractivity contribution >= 4 is 34.6 Å². The quantitative estimate of drug-likeness (QED) is 0.593. The van der Waals surface area contributed by atoms with Crippen LogP contribution >= 0.6 is 23.2 Å². The normalized spacial score (nSPS) is 16.1. The molecule has 2 rings (SSSR count). The van der Waals surface area contributed by atoms with E-state index >= 15 is 0 Å². The maximum Gasteiger partial charge on any atom is 0.272 e. The third kappa shape index (κ3) is 4.00. The fraction of sp³-hybridized carbons (Fsp3) is 0.571. The minimum absolute atomic E-state index is 0.0853. The smallest absolute Gasteiger partial charge is 0.272 e. The molecule has 1 aliphatic carbocycles. The molecule has 1 fully saturated rings. The van der Waals surface area contributed by atoms with E-state index in [1.165, 1.54) is 44.2 Å². The average molecular weight is 317 g/mol. The number of nitro benzene ring substituents is 1.